The first-order valence-corrected chi connectivity index (χ1v) is 6.53. The molecule has 0 radical (unpaired) electrons. The summed E-state index contributed by atoms with van der Waals surface area (Å²) in [5, 5.41) is 0. The fourth-order valence-electron chi connectivity index (χ4n) is 2.50. The van der Waals surface area contributed by atoms with Crippen LogP contribution in [0.15, 0.2) is 47.2 Å². The van der Waals surface area contributed by atoms with Crippen molar-refractivity contribution in [3.63, 3.8) is 0 Å². The number of halogens is 1. The highest BCUT2D eigenvalue weighted by atomic mass is 79.9. The van der Waals surface area contributed by atoms with E-state index in [0.29, 0.717) is 6.04 Å². The monoisotopic (exact) mass is 288 g/mol. The SMILES string of the molecule is CC1Cc2ccccc2N1c1ccncc1Br. The number of rotatable bonds is 1. The van der Waals surface area contributed by atoms with Gasteiger partial charge in [0.05, 0.1) is 10.2 Å². The fourth-order valence-corrected chi connectivity index (χ4v) is 2.94. The second-order valence-electron chi connectivity index (χ2n) is 4.38. The minimum absolute atomic E-state index is 0.492. The molecule has 1 atom stereocenters. The average molecular weight is 289 g/mol. The number of nitrogens with zero attached hydrogens (tertiary/aromatic N) is 2. The van der Waals surface area contributed by atoms with Gasteiger partial charge < -0.3 is 4.90 Å². The number of fused-ring (bicyclic) bond motifs is 1. The molecule has 0 saturated carbocycles. The summed E-state index contributed by atoms with van der Waals surface area (Å²) >= 11 is 3.58. The van der Waals surface area contributed by atoms with Crippen molar-refractivity contribution in [2.45, 2.75) is 19.4 Å². The summed E-state index contributed by atoms with van der Waals surface area (Å²) in [6.07, 6.45) is 4.79. The van der Waals surface area contributed by atoms with Crippen LogP contribution < -0.4 is 4.90 Å². The van der Waals surface area contributed by atoms with Crippen molar-refractivity contribution in [3.05, 3.63) is 52.8 Å². The van der Waals surface area contributed by atoms with Crippen molar-refractivity contribution in [2.24, 2.45) is 0 Å². The Morgan fingerprint density at radius 3 is 2.88 bits per heavy atom. The molecule has 1 aliphatic rings. The molecule has 0 spiro atoms. The molecule has 2 heterocycles. The zero-order valence-corrected chi connectivity index (χ0v) is 11.2. The van der Waals surface area contributed by atoms with Crippen molar-refractivity contribution in [1.82, 2.24) is 4.98 Å². The predicted octanol–water partition coefficient (Wildman–Crippen LogP) is 3.93. The van der Waals surface area contributed by atoms with E-state index in [1.54, 1.807) is 0 Å². The maximum absolute atomic E-state index is 4.12. The van der Waals surface area contributed by atoms with Gasteiger partial charge in [-0.15, -0.1) is 0 Å². The first-order chi connectivity index (χ1) is 8.27. The Hall–Kier alpha value is -1.35. The fraction of sp³-hybridized carbons (Fsp3) is 0.214. The lowest BCUT2D eigenvalue weighted by molar-refractivity contribution is 0.757. The summed E-state index contributed by atoms with van der Waals surface area (Å²) in [6, 6.07) is 11.1. The maximum Gasteiger partial charge on any atom is 0.0595 e. The number of pyridine rings is 1. The lowest BCUT2D eigenvalue weighted by atomic mass is 10.1. The molecule has 0 amide bonds. The summed E-state index contributed by atoms with van der Waals surface area (Å²) in [5.41, 5.74) is 3.92. The molecule has 1 unspecified atom stereocenters. The zero-order valence-electron chi connectivity index (χ0n) is 9.60. The molecule has 3 heteroatoms. The number of benzene rings is 1. The van der Waals surface area contributed by atoms with Crippen LogP contribution in [0.2, 0.25) is 0 Å². The van der Waals surface area contributed by atoms with Gasteiger partial charge in [-0.1, -0.05) is 18.2 Å². The van der Waals surface area contributed by atoms with Gasteiger partial charge in [0.1, 0.15) is 0 Å². The normalized spacial score (nSPS) is 18.2. The highest BCUT2D eigenvalue weighted by molar-refractivity contribution is 9.10. The molecule has 0 bridgehead atoms. The Labute approximate surface area is 109 Å². The van der Waals surface area contributed by atoms with Gasteiger partial charge in [0.2, 0.25) is 0 Å². The number of hydrogen-bond acceptors (Lipinski definition) is 2. The third-order valence-electron chi connectivity index (χ3n) is 3.22. The van der Waals surface area contributed by atoms with Gasteiger partial charge in [-0.2, -0.15) is 0 Å². The first-order valence-electron chi connectivity index (χ1n) is 5.74. The number of para-hydroxylation sites is 1. The average Bonchev–Trinajstić information content (AvgIpc) is 2.66. The molecule has 2 aromatic rings. The van der Waals surface area contributed by atoms with Crippen molar-refractivity contribution in [3.8, 4) is 0 Å². The predicted molar refractivity (Wildman–Crippen MR) is 73.7 cm³/mol. The summed E-state index contributed by atoms with van der Waals surface area (Å²) in [7, 11) is 0. The Bertz CT molecular complexity index is 553. The van der Waals surface area contributed by atoms with E-state index < -0.39 is 0 Å². The minimum Gasteiger partial charge on any atom is -0.337 e. The highest BCUT2D eigenvalue weighted by Crippen LogP contribution is 2.40. The van der Waals surface area contributed by atoms with E-state index in [-0.39, 0.29) is 0 Å². The molecule has 17 heavy (non-hydrogen) atoms. The van der Waals surface area contributed by atoms with Gasteiger partial charge in [0.15, 0.2) is 0 Å². The van der Waals surface area contributed by atoms with Crippen LogP contribution in [-0.2, 0) is 6.42 Å². The first kappa shape index (κ1) is 10.8. The van der Waals surface area contributed by atoms with E-state index >= 15 is 0 Å². The van der Waals surface area contributed by atoms with E-state index in [0.717, 1.165) is 10.9 Å². The Morgan fingerprint density at radius 1 is 1.24 bits per heavy atom. The molecule has 0 aliphatic carbocycles. The van der Waals surface area contributed by atoms with E-state index in [9.17, 15) is 0 Å². The topological polar surface area (TPSA) is 16.1 Å². The molecule has 0 saturated heterocycles. The molecular formula is C14H13BrN2. The third kappa shape index (κ3) is 1.75. The number of anilines is 2. The van der Waals surface area contributed by atoms with Gasteiger partial charge >= 0.3 is 0 Å². The molecule has 2 nitrogen and oxygen atoms in total. The Morgan fingerprint density at radius 2 is 2.06 bits per heavy atom. The molecule has 0 N–H and O–H groups in total. The third-order valence-corrected chi connectivity index (χ3v) is 3.83. The summed E-state index contributed by atoms with van der Waals surface area (Å²) in [5.74, 6) is 0. The van der Waals surface area contributed by atoms with Crippen molar-refractivity contribution in [2.75, 3.05) is 4.90 Å². The maximum atomic E-state index is 4.12. The van der Waals surface area contributed by atoms with Crippen LogP contribution in [0.5, 0.6) is 0 Å². The van der Waals surface area contributed by atoms with Crippen molar-refractivity contribution >= 4 is 27.3 Å². The summed E-state index contributed by atoms with van der Waals surface area (Å²) < 4.78 is 1.04. The zero-order chi connectivity index (χ0) is 11.8. The molecule has 1 aromatic heterocycles. The smallest absolute Gasteiger partial charge is 0.0595 e. The van der Waals surface area contributed by atoms with E-state index in [1.807, 2.05) is 12.4 Å². The lowest BCUT2D eigenvalue weighted by Crippen LogP contribution is -2.24. The van der Waals surface area contributed by atoms with E-state index in [1.165, 1.54) is 16.9 Å². The Balaban J connectivity index is 2.13. The van der Waals surface area contributed by atoms with Gasteiger partial charge in [0, 0.05) is 24.1 Å². The lowest BCUT2D eigenvalue weighted by Gasteiger charge is -2.25. The van der Waals surface area contributed by atoms with Gasteiger partial charge in [0.25, 0.3) is 0 Å². The van der Waals surface area contributed by atoms with Crippen LogP contribution in [-0.4, -0.2) is 11.0 Å². The second-order valence-corrected chi connectivity index (χ2v) is 5.23. The summed E-state index contributed by atoms with van der Waals surface area (Å²) in [6.45, 7) is 2.26. The van der Waals surface area contributed by atoms with Crippen LogP contribution in [0, 0.1) is 0 Å². The molecule has 1 aromatic carbocycles. The van der Waals surface area contributed by atoms with Gasteiger partial charge in [-0.25, -0.2) is 0 Å². The van der Waals surface area contributed by atoms with Crippen molar-refractivity contribution < 1.29 is 0 Å². The van der Waals surface area contributed by atoms with Crippen LogP contribution in [0.1, 0.15) is 12.5 Å². The van der Waals surface area contributed by atoms with Gasteiger partial charge in [-0.3, -0.25) is 4.98 Å². The van der Waals surface area contributed by atoms with Crippen LogP contribution in [0.3, 0.4) is 0 Å². The molecule has 3 rings (SSSR count). The van der Waals surface area contributed by atoms with Gasteiger partial charge in [-0.05, 0) is 47.0 Å². The molecule has 86 valence electrons. The van der Waals surface area contributed by atoms with Crippen LogP contribution in [0.4, 0.5) is 11.4 Å². The number of aromatic nitrogens is 1. The standard InChI is InChI=1S/C14H13BrN2/c1-10-8-11-4-2-3-5-13(11)17(10)14-6-7-16-9-12(14)15/h2-7,9-10H,8H2,1H3. The summed E-state index contributed by atoms with van der Waals surface area (Å²) in [4.78, 5) is 6.50. The van der Waals surface area contributed by atoms with Crippen LogP contribution in [0.25, 0.3) is 0 Å². The second kappa shape index (κ2) is 4.15. The molecule has 0 fully saturated rings. The highest BCUT2D eigenvalue weighted by Gasteiger charge is 2.27. The molecule has 1 aliphatic heterocycles. The minimum atomic E-state index is 0.492. The molecular weight excluding hydrogens is 276 g/mol. The van der Waals surface area contributed by atoms with Crippen LogP contribution >= 0.6 is 15.9 Å². The number of hydrogen-bond donors (Lipinski definition) is 0. The van der Waals surface area contributed by atoms with E-state index in [2.05, 4.69) is 63.1 Å². The van der Waals surface area contributed by atoms with E-state index in [4.69, 9.17) is 0 Å². The Kier molecular flexibility index (Phi) is 2.63. The quantitative estimate of drug-likeness (QED) is 0.791. The largest absolute Gasteiger partial charge is 0.337 e. The van der Waals surface area contributed by atoms with Crippen molar-refractivity contribution in [1.29, 1.82) is 0 Å².